The minimum Gasteiger partial charge on any atom is -0.421 e. The molecule has 0 bridgehead atoms. The molecular formula is C22H16N2O2. The molecule has 4 heteroatoms. The monoisotopic (exact) mass is 340 g/mol. The molecule has 0 amide bonds. The molecular weight excluding hydrogens is 324 g/mol. The van der Waals surface area contributed by atoms with E-state index in [-0.39, 0.29) is 5.69 Å². The van der Waals surface area contributed by atoms with E-state index in [1.807, 2.05) is 72.8 Å². The van der Waals surface area contributed by atoms with Gasteiger partial charge in [0.2, 0.25) is 0 Å². The van der Waals surface area contributed by atoms with E-state index in [4.69, 9.17) is 4.74 Å². The molecule has 4 rings (SSSR count). The maximum atomic E-state index is 12.5. The van der Waals surface area contributed by atoms with Gasteiger partial charge in [-0.2, -0.15) is 0 Å². The van der Waals surface area contributed by atoms with Gasteiger partial charge in [0.1, 0.15) is 5.75 Å². The molecule has 0 radical (unpaired) electrons. The molecule has 0 spiro atoms. The number of nitrogens with zero attached hydrogens (tertiary/aromatic N) is 2. The minimum atomic E-state index is -0.510. The second-order valence-electron chi connectivity index (χ2n) is 5.90. The van der Waals surface area contributed by atoms with Crippen LogP contribution in [0.1, 0.15) is 21.6 Å². The Balaban J connectivity index is 1.59. The Morgan fingerprint density at radius 1 is 0.808 bits per heavy atom. The first kappa shape index (κ1) is 16.0. The lowest BCUT2D eigenvalue weighted by Crippen LogP contribution is -2.12. The summed E-state index contributed by atoms with van der Waals surface area (Å²) in [4.78, 5) is 21.2. The SMILES string of the molecule is O=C(Oc1ccccc1Cc1ccccc1)c1cnc2ccccc2n1. The number of fused-ring (bicyclic) bond motifs is 1. The van der Waals surface area contributed by atoms with Crippen LogP contribution in [0.15, 0.2) is 85.1 Å². The van der Waals surface area contributed by atoms with Gasteiger partial charge in [-0.05, 0) is 29.3 Å². The smallest absolute Gasteiger partial charge is 0.363 e. The van der Waals surface area contributed by atoms with Crippen molar-refractivity contribution in [3.05, 3.63) is 102 Å². The molecule has 0 fully saturated rings. The highest BCUT2D eigenvalue weighted by Crippen LogP contribution is 2.22. The second-order valence-corrected chi connectivity index (χ2v) is 5.90. The molecule has 0 aliphatic rings. The summed E-state index contributed by atoms with van der Waals surface area (Å²) in [5.74, 6) is 0.0278. The van der Waals surface area contributed by atoms with E-state index in [0.717, 1.165) is 16.6 Å². The Labute approximate surface area is 151 Å². The van der Waals surface area contributed by atoms with Crippen molar-refractivity contribution in [3.8, 4) is 5.75 Å². The van der Waals surface area contributed by atoms with E-state index >= 15 is 0 Å². The summed E-state index contributed by atoms with van der Waals surface area (Å²) in [6.45, 7) is 0. The maximum absolute atomic E-state index is 12.5. The molecule has 0 atom stereocenters. The topological polar surface area (TPSA) is 52.1 Å². The van der Waals surface area contributed by atoms with Crippen LogP contribution in [-0.2, 0) is 6.42 Å². The van der Waals surface area contributed by atoms with Crippen molar-refractivity contribution in [1.82, 2.24) is 9.97 Å². The van der Waals surface area contributed by atoms with Crippen LogP contribution in [0, 0.1) is 0 Å². The number of rotatable bonds is 4. The van der Waals surface area contributed by atoms with E-state index in [1.165, 1.54) is 6.20 Å². The molecule has 0 aliphatic carbocycles. The van der Waals surface area contributed by atoms with Crippen molar-refractivity contribution >= 4 is 17.0 Å². The summed E-state index contributed by atoms with van der Waals surface area (Å²) < 4.78 is 5.61. The molecule has 4 nitrogen and oxygen atoms in total. The number of hydrogen-bond donors (Lipinski definition) is 0. The standard InChI is InChI=1S/C22H16N2O2/c25-22(20-15-23-18-11-5-6-12-19(18)24-20)26-21-13-7-4-10-17(21)14-16-8-2-1-3-9-16/h1-13,15H,14H2. The largest absolute Gasteiger partial charge is 0.421 e. The molecule has 1 aromatic heterocycles. The molecule has 0 saturated carbocycles. The molecule has 126 valence electrons. The Bertz CT molecular complexity index is 1060. The van der Waals surface area contributed by atoms with Crippen molar-refractivity contribution in [2.45, 2.75) is 6.42 Å². The predicted molar refractivity (Wildman–Crippen MR) is 100 cm³/mol. The first-order chi connectivity index (χ1) is 12.8. The lowest BCUT2D eigenvalue weighted by molar-refractivity contribution is 0.0727. The first-order valence-electron chi connectivity index (χ1n) is 8.35. The fraction of sp³-hybridized carbons (Fsp3) is 0.0455. The summed E-state index contributed by atoms with van der Waals surface area (Å²) in [7, 11) is 0. The van der Waals surface area contributed by atoms with E-state index in [2.05, 4.69) is 9.97 Å². The summed E-state index contributed by atoms with van der Waals surface area (Å²) >= 11 is 0. The zero-order chi connectivity index (χ0) is 17.8. The van der Waals surface area contributed by atoms with Crippen LogP contribution >= 0.6 is 0 Å². The highest BCUT2D eigenvalue weighted by Gasteiger charge is 2.14. The van der Waals surface area contributed by atoms with Gasteiger partial charge in [-0.3, -0.25) is 4.98 Å². The summed E-state index contributed by atoms with van der Waals surface area (Å²) in [5.41, 5.74) is 3.70. The van der Waals surface area contributed by atoms with Gasteiger partial charge in [-0.25, -0.2) is 9.78 Å². The third-order valence-corrected chi connectivity index (χ3v) is 4.07. The van der Waals surface area contributed by atoms with Crippen molar-refractivity contribution in [3.63, 3.8) is 0 Å². The Hall–Kier alpha value is -3.53. The van der Waals surface area contributed by atoms with Gasteiger partial charge in [0.05, 0.1) is 17.2 Å². The van der Waals surface area contributed by atoms with E-state index in [1.54, 1.807) is 6.07 Å². The van der Waals surface area contributed by atoms with Gasteiger partial charge < -0.3 is 4.74 Å². The van der Waals surface area contributed by atoms with Crippen molar-refractivity contribution < 1.29 is 9.53 Å². The number of hydrogen-bond acceptors (Lipinski definition) is 4. The summed E-state index contributed by atoms with van der Waals surface area (Å²) in [6.07, 6.45) is 2.14. The highest BCUT2D eigenvalue weighted by atomic mass is 16.5. The van der Waals surface area contributed by atoms with E-state index in [0.29, 0.717) is 17.7 Å². The normalized spacial score (nSPS) is 10.6. The number of carbonyl (C=O) groups excluding carboxylic acids is 1. The lowest BCUT2D eigenvalue weighted by atomic mass is 10.0. The van der Waals surface area contributed by atoms with Gasteiger partial charge in [-0.1, -0.05) is 60.7 Å². The molecule has 4 aromatic rings. The molecule has 3 aromatic carbocycles. The van der Waals surface area contributed by atoms with Crippen LogP contribution in [0.2, 0.25) is 0 Å². The fourth-order valence-corrected chi connectivity index (χ4v) is 2.77. The Morgan fingerprint density at radius 2 is 1.50 bits per heavy atom. The lowest BCUT2D eigenvalue weighted by Gasteiger charge is -2.10. The number of esters is 1. The molecule has 26 heavy (non-hydrogen) atoms. The zero-order valence-corrected chi connectivity index (χ0v) is 14.0. The van der Waals surface area contributed by atoms with Crippen LogP contribution in [0.3, 0.4) is 0 Å². The summed E-state index contributed by atoms with van der Waals surface area (Å²) in [5, 5.41) is 0. The van der Waals surface area contributed by atoms with E-state index < -0.39 is 5.97 Å². The van der Waals surface area contributed by atoms with Crippen molar-refractivity contribution in [2.24, 2.45) is 0 Å². The second kappa shape index (κ2) is 7.15. The molecule has 0 unspecified atom stereocenters. The Morgan fingerprint density at radius 3 is 2.35 bits per heavy atom. The number of benzene rings is 3. The van der Waals surface area contributed by atoms with Crippen LogP contribution in [-0.4, -0.2) is 15.9 Å². The van der Waals surface area contributed by atoms with Gasteiger partial charge in [-0.15, -0.1) is 0 Å². The number of carbonyl (C=O) groups is 1. The number of para-hydroxylation sites is 3. The minimum absolute atomic E-state index is 0.193. The van der Waals surface area contributed by atoms with Crippen LogP contribution in [0.4, 0.5) is 0 Å². The third kappa shape index (κ3) is 3.44. The van der Waals surface area contributed by atoms with Crippen LogP contribution in [0.5, 0.6) is 5.75 Å². The predicted octanol–water partition coefficient (Wildman–Crippen LogP) is 4.44. The van der Waals surface area contributed by atoms with Gasteiger partial charge >= 0.3 is 5.97 Å². The fourth-order valence-electron chi connectivity index (χ4n) is 2.77. The van der Waals surface area contributed by atoms with Crippen LogP contribution < -0.4 is 4.74 Å². The quantitative estimate of drug-likeness (QED) is 0.407. The third-order valence-electron chi connectivity index (χ3n) is 4.07. The molecule has 0 saturated heterocycles. The van der Waals surface area contributed by atoms with E-state index in [9.17, 15) is 4.79 Å². The molecule has 0 aliphatic heterocycles. The average Bonchev–Trinajstić information content (AvgIpc) is 2.70. The van der Waals surface area contributed by atoms with Gasteiger partial charge in [0.15, 0.2) is 5.69 Å². The number of ether oxygens (including phenoxy) is 1. The van der Waals surface area contributed by atoms with Crippen molar-refractivity contribution in [2.75, 3.05) is 0 Å². The summed E-state index contributed by atoms with van der Waals surface area (Å²) in [6, 6.07) is 25.0. The molecule has 1 heterocycles. The first-order valence-corrected chi connectivity index (χ1v) is 8.35. The molecule has 0 N–H and O–H groups in total. The van der Waals surface area contributed by atoms with Crippen molar-refractivity contribution in [1.29, 1.82) is 0 Å². The van der Waals surface area contributed by atoms with Crippen LogP contribution in [0.25, 0.3) is 11.0 Å². The average molecular weight is 340 g/mol. The Kier molecular flexibility index (Phi) is 4.39. The van der Waals surface area contributed by atoms with Gasteiger partial charge in [0.25, 0.3) is 0 Å². The van der Waals surface area contributed by atoms with Gasteiger partial charge in [0, 0.05) is 6.42 Å². The maximum Gasteiger partial charge on any atom is 0.363 e. The highest BCUT2D eigenvalue weighted by molar-refractivity contribution is 5.91. The number of aromatic nitrogens is 2. The zero-order valence-electron chi connectivity index (χ0n) is 14.0.